The molecule has 0 radical (unpaired) electrons. The molecule has 4 nitrogen and oxygen atoms in total. The summed E-state index contributed by atoms with van der Waals surface area (Å²) < 4.78 is 5.19. The molecule has 2 rings (SSSR count). The van der Waals surface area contributed by atoms with Gasteiger partial charge in [0.1, 0.15) is 11.8 Å². The summed E-state index contributed by atoms with van der Waals surface area (Å²) in [5, 5.41) is 11.4. The Kier molecular flexibility index (Phi) is 5.75. The Morgan fingerprint density at radius 3 is 2.38 bits per heavy atom. The molecular formula is C20H20N2O2. The van der Waals surface area contributed by atoms with Crippen molar-refractivity contribution in [2.75, 3.05) is 11.9 Å². The van der Waals surface area contributed by atoms with Crippen LogP contribution in [0.15, 0.2) is 42.5 Å². The lowest BCUT2D eigenvalue weighted by Crippen LogP contribution is -2.10. The lowest BCUT2D eigenvalue weighted by Gasteiger charge is -2.11. The fourth-order valence-corrected chi connectivity index (χ4v) is 2.50. The fraction of sp³-hybridized carbons (Fsp3) is 0.200. The van der Waals surface area contributed by atoms with E-state index in [4.69, 9.17) is 10.00 Å². The molecule has 0 atom stereocenters. The third-order valence-corrected chi connectivity index (χ3v) is 3.54. The molecule has 0 heterocycles. The van der Waals surface area contributed by atoms with Crippen LogP contribution in [0.1, 0.15) is 22.3 Å². The first kappa shape index (κ1) is 17.3. The Hall–Kier alpha value is -3.06. The van der Waals surface area contributed by atoms with Crippen molar-refractivity contribution >= 4 is 17.7 Å². The van der Waals surface area contributed by atoms with Crippen molar-refractivity contribution in [1.82, 2.24) is 0 Å². The van der Waals surface area contributed by atoms with Gasteiger partial charge in [-0.1, -0.05) is 29.8 Å². The van der Waals surface area contributed by atoms with Gasteiger partial charge in [0.05, 0.1) is 0 Å². The predicted octanol–water partition coefficient (Wildman–Crippen LogP) is 4.17. The zero-order chi connectivity index (χ0) is 17.5. The third-order valence-electron chi connectivity index (χ3n) is 3.54. The summed E-state index contributed by atoms with van der Waals surface area (Å²) in [5.41, 5.74) is 5.01. The molecule has 0 spiro atoms. The number of carbonyl (C=O) groups is 1. The van der Waals surface area contributed by atoms with Crippen LogP contribution >= 0.6 is 0 Å². The van der Waals surface area contributed by atoms with E-state index in [0.29, 0.717) is 5.75 Å². The number of benzene rings is 2. The topological polar surface area (TPSA) is 62.1 Å². The molecule has 2 aromatic rings. The maximum absolute atomic E-state index is 12.1. The van der Waals surface area contributed by atoms with Crippen LogP contribution in [0.2, 0.25) is 0 Å². The molecule has 4 heteroatoms. The molecular weight excluding hydrogens is 300 g/mol. The van der Waals surface area contributed by atoms with Gasteiger partial charge >= 0.3 is 0 Å². The van der Waals surface area contributed by atoms with Crippen molar-refractivity contribution in [2.45, 2.75) is 20.8 Å². The van der Waals surface area contributed by atoms with Crippen LogP contribution in [-0.2, 0) is 4.79 Å². The van der Waals surface area contributed by atoms with E-state index in [2.05, 4.69) is 5.32 Å². The predicted molar refractivity (Wildman–Crippen MR) is 95.9 cm³/mol. The molecule has 0 aliphatic rings. The van der Waals surface area contributed by atoms with Gasteiger partial charge < -0.3 is 10.1 Å². The first-order valence-electron chi connectivity index (χ1n) is 7.66. The Bertz CT molecular complexity index is 776. The fourth-order valence-electron chi connectivity index (χ4n) is 2.50. The normalized spacial score (nSPS) is 10.4. The highest BCUT2D eigenvalue weighted by Gasteiger charge is 2.06. The third kappa shape index (κ3) is 4.72. The average molecular weight is 320 g/mol. The molecule has 0 fully saturated rings. The van der Waals surface area contributed by atoms with Gasteiger partial charge in [-0.15, -0.1) is 0 Å². The van der Waals surface area contributed by atoms with Gasteiger partial charge in [-0.25, -0.2) is 0 Å². The molecule has 0 aromatic heterocycles. The largest absolute Gasteiger partial charge is 0.479 e. The number of hydrogen-bond donors (Lipinski definition) is 1. The summed E-state index contributed by atoms with van der Waals surface area (Å²) in [7, 11) is 0. The van der Waals surface area contributed by atoms with Crippen LogP contribution in [-0.4, -0.2) is 12.5 Å². The molecule has 0 saturated heterocycles. The van der Waals surface area contributed by atoms with Crippen molar-refractivity contribution in [2.24, 2.45) is 0 Å². The van der Waals surface area contributed by atoms with Crippen LogP contribution in [0.5, 0.6) is 5.75 Å². The number of anilines is 1. The van der Waals surface area contributed by atoms with Crippen molar-refractivity contribution in [3.8, 4) is 11.8 Å². The minimum Gasteiger partial charge on any atom is -0.479 e. The lowest BCUT2D eigenvalue weighted by molar-refractivity contribution is -0.111. The van der Waals surface area contributed by atoms with Gasteiger partial charge in [0.15, 0.2) is 6.61 Å². The summed E-state index contributed by atoms with van der Waals surface area (Å²) >= 11 is 0. The van der Waals surface area contributed by atoms with Crippen LogP contribution in [0.25, 0.3) is 6.08 Å². The summed E-state index contributed by atoms with van der Waals surface area (Å²) in [4.78, 5) is 12.1. The van der Waals surface area contributed by atoms with Crippen molar-refractivity contribution in [1.29, 1.82) is 5.26 Å². The standard InChI is InChI=1S/C20H20N2O2/c1-14-12-15(2)20(16(3)13-14)22-19(23)9-6-17-4-7-18(8-5-17)24-11-10-21/h4-9,12-13H,11H2,1-3H3,(H,22,23)/b9-6+. The van der Waals surface area contributed by atoms with Crippen LogP contribution in [0.4, 0.5) is 5.69 Å². The number of carbonyl (C=O) groups excluding carboxylic acids is 1. The second-order valence-corrected chi connectivity index (χ2v) is 5.61. The monoisotopic (exact) mass is 320 g/mol. The van der Waals surface area contributed by atoms with E-state index in [-0.39, 0.29) is 12.5 Å². The number of nitrogens with zero attached hydrogens (tertiary/aromatic N) is 1. The Morgan fingerprint density at radius 1 is 1.17 bits per heavy atom. The number of hydrogen-bond acceptors (Lipinski definition) is 3. The maximum atomic E-state index is 12.1. The molecule has 122 valence electrons. The Morgan fingerprint density at radius 2 is 1.79 bits per heavy atom. The van der Waals surface area contributed by atoms with Gasteiger partial charge in [0.2, 0.25) is 5.91 Å². The van der Waals surface area contributed by atoms with Crippen molar-refractivity contribution < 1.29 is 9.53 Å². The second-order valence-electron chi connectivity index (χ2n) is 5.61. The number of ether oxygens (including phenoxy) is 1. The molecule has 0 unspecified atom stereocenters. The highest BCUT2D eigenvalue weighted by atomic mass is 16.5. The van der Waals surface area contributed by atoms with E-state index in [1.165, 1.54) is 11.6 Å². The number of amides is 1. The zero-order valence-electron chi connectivity index (χ0n) is 14.1. The van der Waals surface area contributed by atoms with Crippen LogP contribution in [0, 0.1) is 32.1 Å². The summed E-state index contributed by atoms with van der Waals surface area (Å²) in [6, 6.07) is 13.2. The summed E-state index contributed by atoms with van der Waals surface area (Å²) in [6.45, 7) is 6.03. The quantitative estimate of drug-likeness (QED) is 0.841. The lowest BCUT2D eigenvalue weighted by atomic mass is 10.1. The summed E-state index contributed by atoms with van der Waals surface area (Å²) in [6.07, 6.45) is 3.24. The number of nitrogens with one attached hydrogen (secondary N) is 1. The van der Waals surface area contributed by atoms with Crippen LogP contribution < -0.4 is 10.1 Å². The number of aryl methyl sites for hydroxylation is 3. The van der Waals surface area contributed by atoms with Crippen molar-refractivity contribution in [3.05, 3.63) is 64.7 Å². The number of rotatable bonds is 5. The first-order valence-corrected chi connectivity index (χ1v) is 7.66. The SMILES string of the molecule is Cc1cc(C)c(NC(=O)/C=C/c2ccc(OCC#N)cc2)c(C)c1. The molecule has 0 saturated carbocycles. The van der Waals surface area contributed by atoms with Crippen molar-refractivity contribution in [3.63, 3.8) is 0 Å². The minimum absolute atomic E-state index is 0.0207. The smallest absolute Gasteiger partial charge is 0.248 e. The molecule has 24 heavy (non-hydrogen) atoms. The molecule has 0 bridgehead atoms. The van der Waals surface area contributed by atoms with Gasteiger partial charge in [0.25, 0.3) is 0 Å². The second kappa shape index (κ2) is 7.98. The Labute approximate surface area is 142 Å². The number of nitriles is 1. The first-order chi connectivity index (χ1) is 11.5. The maximum Gasteiger partial charge on any atom is 0.248 e. The molecule has 1 amide bonds. The van der Waals surface area contributed by atoms with E-state index in [0.717, 1.165) is 22.4 Å². The van der Waals surface area contributed by atoms with E-state index in [1.54, 1.807) is 18.2 Å². The van der Waals surface area contributed by atoms with Gasteiger partial charge in [0, 0.05) is 11.8 Å². The molecule has 2 aromatic carbocycles. The summed E-state index contributed by atoms with van der Waals surface area (Å²) in [5.74, 6) is 0.457. The molecule has 0 aliphatic carbocycles. The van der Waals surface area contributed by atoms with Crippen LogP contribution in [0.3, 0.4) is 0 Å². The van der Waals surface area contributed by atoms with Gasteiger partial charge in [-0.2, -0.15) is 5.26 Å². The average Bonchev–Trinajstić information content (AvgIpc) is 2.55. The molecule has 0 aliphatic heterocycles. The van der Waals surface area contributed by atoms with E-state index < -0.39 is 0 Å². The zero-order valence-corrected chi connectivity index (χ0v) is 14.1. The molecule has 1 N–H and O–H groups in total. The van der Waals surface area contributed by atoms with E-state index in [1.807, 2.05) is 51.1 Å². The van der Waals surface area contributed by atoms with Gasteiger partial charge in [-0.05, 0) is 55.7 Å². The highest BCUT2D eigenvalue weighted by molar-refractivity contribution is 6.02. The van der Waals surface area contributed by atoms with E-state index >= 15 is 0 Å². The minimum atomic E-state index is -0.171. The Balaban J connectivity index is 2.02. The highest BCUT2D eigenvalue weighted by Crippen LogP contribution is 2.22. The van der Waals surface area contributed by atoms with Gasteiger partial charge in [-0.3, -0.25) is 4.79 Å². The van der Waals surface area contributed by atoms with E-state index in [9.17, 15) is 4.79 Å².